The van der Waals surface area contributed by atoms with Gasteiger partial charge in [0.1, 0.15) is 5.82 Å². The van der Waals surface area contributed by atoms with E-state index in [0.29, 0.717) is 41.6 Å². The van der Waals surface area contributed by atoms with E-state index in [2.05, 4.69) is 10.3 Å². The molecule has 0 radical (unpaired) electrons. The fraction of sp³-hybridized carbons (Fsp3) is 0.227. The fourth-order valence-corrected chi connectivity index (χ4v) is 4.26. The van der Waals surface area contributed by atoms with Crippen molar-refractivity contribution in [3.63, 3.8) is 0 Å². The van der Waals surface area contributed by atoms with Gasteiger partial charge in [-0.15, -0.1) is 11.3 Å². The first-order valence-corrected chi connectivity index (χ1v) is 10.8. The summed E-state index contributed by atoms with van der Waals surface area (Å²) in [4.78, 5) is 31.3. The third-order valence-corrected chi connectivity index (χ3v) is 6.13. The number of nitrogens with zero attached hydrogens (tertiary/aromatic N) is 2. The number of piperidine rings is 1. The summed E-state index contributed by atoms with van der Waals surface area (Å²) in [5.41, 5.74) is 2.17. The van der Waals surface area contributed by atoms with Gasteiger partial charge >= 0.3 is 0 Å². The Morgan fingerprint density at radius 2 is 1.73 bits per heavy atom. The molecule has 3 aromatic rings. The van der Waals surface area contributed by atoms with Gasteiger partial charge in [-0.2, -0.15) is 0 Å². The lowest BCUT2D eigenvalue weighted by atomic mass is 9.95. The molecule has 1 N–H and O–H groups in total. The Balaban J connectivity index is 1.32. The van der Waals surface area contributed by atoms with Crippen LogP contribution >= 0.6 is 22.9 Å². The third-order valence-electron chi connectivity index (χ3n) is 5.12. The van der Waals surface area contributed by atoms with Crippen LogP contribution in [0.4, 0.5) is 9.52 Å². The van der Waals surface area contributed by atoms with Crippen LogP contribution in [0.3, 0.4) is 0 Å². The van der Waals surface area contributed by atoms with Gasteiger partial charge in [-0.05, 0) is 49.2 Å². The average Bonchev–Trinajstić information content (AvgIpc) is 3.23. The van der Waals surface area contributed by atoms with Gasteiger partial charge in [0.25, 0.3) is 5.91 Å². The van der Waals surface area contributed by atoms with Crippen molar-refractivity contribution in [2.75, 3.05) is 18.4 Å². The lowest BCUT2D eigenvalue weighted by Crippen LogP contribution is -2.41. The summed E-state index contributed by atoms with van der Waals surface area (Å²) in [5.74, 6) is -0.768. The Morgan fingerprint density at radius 3 is 2.40 bits per heavy atom. The van der Waals surface area contributed by atoms with E-state index in [0.717, 1.165) is 11.3 Å². The van der Waals surface area contributed by atoms with Crippen LogP contribution in [0.1, 0.15) is 23.2 Å². The van der Waals surface area contributed by atoms with E-state index in [1.165, 1.54) is 35.6 Å². The first-order chi connectivity index (χ1) is 14.5. The van der Waals surface area contributed by atoms with Gasteiger partial charge in [-0.25, -0.2) is 9.37 Å². The molecule has 8 heteroatoms. The second-order valence-electron chi connectivity index (χ2n) is 7.11. The van der Waals surface area contributed by atoms with Crippen LogP contribution in [0.2, 0.25) is 5.02 Å². The molecule has 2 heterocycles. The molecule has 1 aliphatic rings. The number of nitrogens with one attached hydrogen (secondary N) is 1. The highest BCUT2D eigenvalue weighted by Crippen LogP contribution is 2.27. The molecule has 0 aliphatic carbocycles. The van der Waals surface area contributed by atoms with Crippen LogP contribution in [0.25, 0.3) is 11.3 Å². The minimum atomic E-state index is -0.372. The minimum Gasteiger partial charge on any atom is -0.339 e. The number of thiazole rings is 1. The maximum atomic E-state index is 13.0. The van der Waals surface area contributed by atoms with E-state index < -0.39 is 0 Å². The summed E-state index contributed by atoms with van der Waals surface area (Å²) >= 11 is 7.29. The number of carbonyl (C=O) groups excluding carboxylic acids is 2. The van der Waals surface area contributed by atoms with Gasteiger partial charge in [0.05, 0.1) is 5.69 Å². The van der Waals surface area contributed by atoms with Crippen LogP contribution in [0.5, 0.6) is 0 Å². The third kappa shape index (κ3) is 4.68. The summed E-state index contributed by atoms with van der Waals surface area (Å²) < 4.78 is 13.0. The summed E-state index contributed by atoms with van der Waals surface area (Å²) in [7, 11) is 0. The first kappa shape index (κ1) is 20.5. The van der Waals surface area contributed by atoms with Crippen LogP contribution in [-0.4, -0.2) is 34.8 Å². The lowest BCUT2D eigenvalue weighted by molar-refractivity contribution is -0.121. The second-order valence-corrected chi connectivity index (χ2v) is 8.40. The molecule has 1 aliphatic heterocycles. The highest BCUT2D eigenvalue weighted by atomic mass is 35.5. The smallest absolute Gasteiger partial charge is 0.253 e. The average molecular weight is 444 g/mol. The van der Waals surface area contributed by atoms with E-state index in [4.69, 9.17) is 11.6 Å². The molecule has 0 unspecified atom stereocenters. The molecule has 0 saturated carbocycles. The van der Waals surface area contributed by atoms with Crippen molar-refractivity contribution < 1.29 is 14.0 Å². The number of hydrogen-bond acceptors (Lipinski definition) is 4. The van der Waals surface area contributed by atoms with Crippen molar-refractivity contribution in [2.24, 2.45) is 5.92 Å². The number of aromatic nitrogens is 1. The van der Waals surface area contributed by atoms with Crippen LogP contribution in [0.15, 0.2) is 53.9 Å². The normalized spacial score (nSPS) is 14.5. The monoisotopic (exact) mass is 443 g/mol. The predicted octanol–water partition coefficient (Wildman–Crippen LogP) is 5.09. The summed E-state index contributed by atoms with van der Waals surface area (Å²) in [5, 5.41) is 5.99. The molecule has 5 nitrogen and oxygen atoms in total. The van der Waals surface area contributed by atoms with Gasteiger partial charge in [-0.3, -0.25) is 9.59 Å². The highest BCUT2D eigenvalue weighted by Gasteiger charge is 2.28. The Hall–Kier alpha value is -2.77. The van der Waals surface area contributed by atoms with Crippen molar-refractivity contribution in [1.82, 2.24) is 9.88 Å². The molecular formula is C22H19ClFN3O2S. The van der Waals surface area contributed by atoms with Crippen molar-refractivity contribution in [2.45, 2.75) is 12.8 Å². The van der Waals surface area contributed by atoms with Crippen molar-refractivity contribution in [3.8, 4) is 11.3 Å². The number of benzene rings is 2. The molecule has 154 valence electrons. The van der Waals surface area contributed by atoms with Crippen molar-refractivity contribution in [3.05, 3.63) is 70.3 Å². The second kappa shape index (κ2) is 8.93. The summed E-state index contributed by atoms with van der Waals surface area (Å²) in [6.07, 6.45) is 1.16. The number of likely N-dealkylation sites (tertiary alicyclic amines) is 1. The SMILES string of the molecule is O=C(Nc1nc(-c2ccc(Cl)cc2)cs1)C1CCN(C(=O)c2ccc(F)cc2)CC1. The van der Waals surface area contributed by atoms with E-state index >= 15 is 0 Å². The maximum Gasteiger partial charge on any atom is 0.253 e. The number of halogens is 2. The minimum absolute atomic E-state index is 0.0825. The number of amides is 2. The molecule has 4 rings (SSSR count). The number of hydrogen-bond donors (Lipinski definition) is 1. The molecule has 1 saturated heterocycles. The molecule has 30 heavy (non-hydrogen) atoms. The number of rotatable bonds is 4. The molecule has 0 spiro atoms. The largest absolute Gasteiger partial charge is 0.339 e. The molecular weight excluding hydrogens is 425 g/mol. The summed E-state index contributed by atoms with van der Waals surface area (Å²) in [6.45, 7) is 0.977. The predicted molar refractivity (Wildman–Crippen MR) is 116 cm³/mol. The molecule has 0 atom stereocenters. The molecule has 1 aromatic heterocycles. The van der Waals surface area contributed by atoms with Crippen LogP contribution in [-0.2, 0) is 4.79 Å². The number of anilines is 1. The first-order valence-electron chi connectivity index (χ1n) is 9.57. The van der Waals surface area contributed by atoms with Crippen LogP contribution < -0.4 is 5.32 Å². The van der Waals surface area contributed by atoms with Crippen LogP contribution in [0, 0.1) is 11.7 Å². The van der Waals surface area contributed by atoms with Crippen molar-refractivity contribution in [1.29, 1.82) is 0 Å². The topological polar surface area (TPSA) is 62.3 Å². The van der Waals surface area contributed by atoms with Gasteiger partial charge < -0.3 is 10.2 Å². The zero-order valence-corrected chi connectivity index (χ0v) is 17.5. The van der Waals surface area contributed by atoms with Gasteiger partial charge in [0.2, 0.25) is 5.91 Å². The van der Waals surface area contributed by atoms with E-state index in [9.17, 15) is 14.0 Å². The van der Waals surface area contributed by atoms with Gasteiger partial charge in [-0.1, -0.05) is 23.7 Å². The Kier molecular flexibility index (Phi) is 6.11. The maximum absolute atomic E-state index is 13.0. The zero-order valence-electron chi connectivity index (χ0n) is 16.0. The lowest BCUT2D eigenvalue weighted by Gasteiger charge is -2.31. The fourth-order valence-electron chi connectivity index (χ4n) is 3.41. The standard InChI is InChI=1S/C22H19ClFN3O2S/c23-17-5-1-14(2-6-17)19-13-30-22(25-19)26-20(28)15-9-11-27(12-10-15)21(29)16-3-7-18(24)8-4-16/h1-8,13,15H,9-12H2,(H,25,26,28). The molecule has 2 amide bonds. The Morgan fingerprint density at radius 1 is 1.07 bits per heavy atom. The van der Waals surface area contributed by atoms with E-state index in [1.807, 2.05) is 17.5 Å². The quantitative estimate of drug-likeness (QED) is 0.610. The zero-order chi connectivity index (χ0) is 21.1. The number of carbonyl (C=O) groups is 2. The molecule has 1 fully saturated rings. The van der Waals surface area contributed by atoms with Gasteiger partial charge in [0.15, 0.2) is 5.13 Å². The molecule has 2 aromatic carbocycles. The molecule has 0 bridgehead atoms. The highest BCUT2D eigenvalue weighted by molar-refractivity contribution is 7.14. The van der Waals surface area contributed by atoms with E-state index in [-0.39, 0.29) is 23.5 Å². The summed E-state index contributed by atoms with van der Waals surface area (Å²) in [6, 6.07) is 12.9. The van der Waals surface area contributed by atoms with Gasteiger partial charge in [0, 0.05) is 40.5 Å². The Bertz CT molecular complexity index is 1050. The Labute approximate surface area is 182 Å². The van der Waals surface area contributed by atoms with Crippen molar-refractivity contribution >= 4 is 39.9 Å². The van der Waals surface area contributed by atoms with E-state index in [1.54, 1.807) is 17.0 Å².